The van der Waals surface area contributed by atoms with E-state index in [-0.39, 0.29) is 5.69 Å². The van der Waals surface area contributed by atoms with Crippen molar-refractivity contribution in [2.75, 3.05) is 11.9 Å². The van der Waals surface area contributed by atoms with Gasteiger partial charge in [0.2, 0.25) is 0 Å². The molecule has 1 fully saturated rings. The Bertz CT molecular complexity index is 659. The number of hydrogen-bond donors (Lipinski definition) is 1. The Hall–Kier alpha value is -2.11. The lowest BCUT2D eigenvalue weighted by atomic mass is 9.83. The Labute approximate surface area is 122 Å². The molecule has 1 aromatic heterocycles. The summed E-state index contributed by atoms with van der Waals surface area (Å²) in [6.45, 7) is 3.07. The Morgan fingerprint density at radius 3 is 2.86 bits per heavy atom. The number of nitro groups is 1. The van der Waals surface area contributed by atoms with Gasteiger partial charge in [0.05, 0.1) is 11.0 Å². The fourth-order valence-electron chi connectivity index (χ4n) is 3.15. The van der Waals surface area contributed by atoms with Crippen LogP contribution in [0.3, 0.4) is 0 Å². The smallest absolute Gasteiger partial charge is 0.295 e. The maximum Gasteiger partial charge on any atom is 0.295 e. The van der Waals surface area contributed by atoms with Crippen molar-refractivity contribution in [3.05, 3.63) is 28.3 Å². The van der Waals surface area contributed by atoms with E-state index in [0.29, 0.717) is 22.5 Å². The van der Waals surface area contributed by atoms with Crippen LogP contribution < -0.4 is 5.32 Å². The van der Waals surface area contributed by atoms with Crippen molar-refractivity contribution in [1.82, 2.24) is 4.98 Å². The van der Waals surface area contributed by atoms with Crippen molar-refractivity contribution in [2.45, 2.75) is 39.0 Å². The molecule has 0 aliphatic heterocycles. The molecule has 2 aromatic rings. The number of nitro benzene ring substituents is 1. The molecule has 1 N–H and O–H groups in total. The number of nitrogens with one attached hydrogen (secondary N) is 1. The number of hydrogen-bond acceptors (Lipinski definition) is 5. The zero-order valence-electron chi connectivity index (χ0n) is 12.1. The molecule has 21 heavy (non-hydrogen) atoms. The van der Waals surface area contributed by atoms with E-state index in [4.69, 9.17) is 4.42 Å². The summed E-state index contributed by atoms with van der Waals surface area (Å²) in [7, 11) is 0. The monoisotopic (exact) mass is 289 g/mol. The Balaban J connectivity index is 1.77. The molecule has 1 saturated carbocycles. The Morgan fingerprint density at radius 2 is 2.19 bits per heavy atom. The van der Waals surface area contributed by atoms with Gasteiger partial charge in [0.1, 0.15) is 5.52 Å². The van der Waals surface area contributed by atoms with Crippen LogP contribution >= 0.6 is 0 Å². The van der Waals surface area contributed by atoms with Crippen LogP contribution in [0.5, 0.6) is 0 Å². The molecule has 0 radical (unpaired) electrons. The van der Waals surface area contributed by atoms with E-state index < -0.39 is 4.92 Å². The quantitative estimate of drug-likeness (QED) is 0.661. The molecule has 6 nitrogen and oxygen atoms in total. The SMILES string of the molecule is CCC1(CNc2nc3ccc([N+](=O)[O-])cc3o2)CCCC1. The molecule has 112 valence electrons. The molecule has 1 aliphatic carbocycles. The van der Waals surface area contributed by atoms with Crippen molar-refractivity contribution in [3.8, 4) is 0 Å². The number of nitrogens with zero attached hydrogens (tertiary/aromatic N) is 2. The van der Waals surface area contributed by atoms with Crippen molar-refractivity contribution in [1.29, 1.82) is 0 Å². The molecule has 1 aromatic carbocycles. The van der Waals surface area contributed by atoms with Crippen molar-refractivity contribution in [2.24, 2.45) is 5.41 Å². The summed E-state index contributed by atoms with van der Waals surface area (Å²) in [5, 5.41) is 14.0. The summed E-state index contributed by atoms with van der Waals surface area (Å²) < 4.78 is 5.58. The van der Waals surface area contributed by atoms with E-state index in [9.17, 15) is 10.1 Å². The van der Waals surface area contributed by atoms with Crippen LogP contribution in [0.4, 0.5) is 11.7 Å². The standard InChI is InChI=1S/C15H19N3O3/c1-2-15(7-3-4-8-15)10-16-14-17-12-6-5-11(18(19)20)9-13(12)21-14/h5-6,9H,2-4,7-8,10H2,1H3,(H,16,17). The van der Waals surface area contributed by atoms with Crippen LogP contribution in [0.15, 0.2) is 22.6 Å². The number of aromatic nitrogens is 1. The van der Waals surface area contributed by atoms with Gasteiger partial charge in [0.15, 0.2) is 5.58 Å². The molecule has 3 rings (SSSR count). The van der Waals surface area contributed by atoms with Gasteiger partial charge in [-0.25, -0.2) is 0 Å². The highest BCUT2D eigenvalue weighted by Crippen LogP contribution is 2.41. The first kappa shape index (κ1) is 13.9. The predicted octanol–water partition coefficient (Wildman–Crippen LogP) is 4.12. The lowest BCUT2D eigenvalue weighted by molar-refractivity contribution is -0.384. The Morgan fingerprint density at radius 1 is 1.43 bits per heavy atom. The van der Waals surface area contributed by atoms with Gasteiger partial charge in [-0.15, -0.1) is 0 Å². The molecule has 1 heterocycles. The lowest BCUT2D eigenvalue weighted by Crippen LogP contribution is -2.25. The van der Waals surface area contributed by atoms with Gasteiger partial charge >= 0.3 is 0 Å². The normalized spacial score (nSPS) is 17.2. The largest absolute Gasteiger partial charge is 0.423 e. The number of anilines is 1. The highest BCUT2D eigenvalue weighted by molar-refractivity contribution is 5.77. The second-order valence-corrected chi connectivity index (χ2v) is 5.84. The van der Waals surface area contributed by atoms with Gasteiger partial charge in [-0.3, -0.25) is 10.1 Å². The van der Waals surface area contributed by atoms with Gasteiger partial charge in [-0.1, -0.05) is 19.8 Å². The van der Waals surface area contributed by atoms with Crippen LogP contribution in [-0.2, 0) is 0 Å². The third kappa shape index (κ3) is 2.70. The second kappa shape index (κ2) is 5.35. The summed E-state index contributed by atoms with van der Waals surface area (Å²) in [5.41, 5.74) is 1.45. The van der Waals surface area contributed by atoms with E-state index in [0.717, 1.165) is 13.0 Å². The molecule has 0 bridgehead atoms. The number of rotatable bonds is 5. The van der Waals surface area contributed by atoms with E-state index in [2.05, 4.69) is 17.2 Å². The average molecular weight is 289 g/mol. The van der Waals surface area contributed by atoms with E-state index in [1.54, 1.807) is 6.07 Å². The maximum atomic E-state index is 10.8. The fraction of sp³-hybridized carbons (Fsp3) is 0.533. The summed E-state index contributed by atoms with van der Waals surface area (Å²) >= 11 is 0. The Kier molecular flexibility index (Phi) is 3.53. The molecule has 0 unspecified atom stereocenters. The molecule has 6 heteroatoms. The zero-order chi connectivity index (χ0) is 14.9. The van der Waals surface area contributed by atoms with E-state index in [1.165, 1.54) is 37.8 Å². The summed E-state index contributed by atoms with van der Waals surface area (Å²) in [6, 6.07) is 4.93. The van der Waals surface area contributed by atoms with Crippen molar-refractivity contribution < 1.29 is 9.34 Å². The molecule has 0 atom stereocenters. The van der Waals surface area contributed by atoms with Crippen LogP contribution in [0.1, 0.15) is 39.0 Å². The first-order valence-electron chi connectivity index (χ1n) is 7.41. The van der Waals surface area contributed by atoms with E-state index >= 15 is 0 Å². The first-order valence-corrected chi connectivity index (χ1v) is 7.41. The van der Waals surface area contributed by atoms with Gasteiger partial charge in [0, 0.05) is 12.6 Å². The summed E-state index contributed by atoms with van der Waals surface area (Å²) in [4.78, 5) is 14.7. The topological polar surface area (TPSA) is 81.2 Å². The van der Waals surface area contributed by atoms with Gasteiger partial charge < -0.3 is 9.73 Å². The van der Waals surface area contributed by atoms with Crippen LogP contribution in [-0.4, -0.2) is 16.5 Å². The maximum absolute atomic E-state index is 10.8. The second-order valence-electron chi connectivity index (χ2n) is 5.84. The molecule has 0 amide bonds. The minimum Gasteiger partial charge on any atom is -0.423 e. The summed E-state index contributed by atoms with van der Waals surface area (Å²) in [5.74, 6) is 0. The van der Waals surface area contributed by atoms with E-state index in [1.807, 2.05) is 0 Å². The highest BCUT2D eigenvalue weighted by Gasteiger charge is 2.32. The molecular weight excluding hydrogens is 270 g/mol. The lowest BCUT2D eigenvalue weighted by Gasteiger charge is -2.27. The van der Waals surface area contributed by atoms with Gasteiger partial charge in [-0.05, 0) is 30.7 Å². The molecule has 0 saturated heterocycles. The number of oxazole rings is 1. The first-order chi connectivity index (χ1) is 10.1. The summed E-state index contributed by atoms with van der Waals surface area (Å²) in [6.07, 6.45) is 6.20. The third-order valence-corrected chi connectivity index (χ3v) is 4.61. The average Bonchev–Trinajstić information content (AvgIpc) is 3.11. The fourth-order valence-corrected chi connectivity index (χ4v) is 3.15. The zero-order valence-corrected chi connectivity index (χ0v) is 12.1. The minimum atomic E-state index is -0.431. The van der Waals surface area contributed by atoms with Gasteiger partial charge in [0.25, 0.3) is 11.7 Å². The predicted molar refractivity (Wildman–Crippen MR) is 80.3 cm³/mol. The van der Waals surface area contributed by atoms with Crippen molar-refractivity contribution >= 4 is 22.8 Å². The molecule has 0 spiro atoms. The van der Waals surface area contributed by atoms with Crippen LogP contribution in [0.25, 0.3) is 11.1 Å². The molecular formula is C15H19N3O3. The van der Waals surface area contributed by atoms with Crippen LogP contribution in [0, 0.1) is 15.5 Å². The molecule has 1 aliphatic rings. The minimum absolute atomic E-state index is 0.0195. The van der Waals surface area contributed by atoms with Crippen molar-refractivity contribution in [3.63, 3.8) is 0 Å². The van der Waals surface area contributed by atoms with Gasteiger partial charge in [-0.2, -0.15) is 4.98 Å². The number of benzene rings is 1. The number of fused-ring (bicyclic) bond motifs is 1. The highest BCUT2D eigenvalue weighted by atomic mass is 16.6. The third-order valence-electron chi connectivity index (χ3n) is 4.61. The van der Waals surface area contributed by atoms with Crippen LogP contribution in [0.2, 0.25) is 0 Å². The number of non-ortho nitro benzene ring substituents is 1.